The summed E-state index contributed by atoms with van der Waals surface area (Å²) >= 11 is 5.56. The lowest BCUT2D eigenvalue weighted by atomic mass is 10.1. The normalized spacial score (nSPS) is 15.2. The van der Waals surface area contributed by atoms with Crippen LogP contribution in [0.3, 0.4) is 0 Å². The molecule has 0 aromatic carbocycles. The SMILES string of the molecule is C=C(C[C@@H](/C=C(\C)CC)OC(C/C=C/C)OC(=O)CCl)C[Si](C)(C)C. The fraction of sp³-hybridized carbons (Fsp3) is 0.650. The highest BCUT2D eigenvalue weighted by Crippen LogP contribution is 2.23. The largest absolute Gasteiger partial charge is 0.434 e. The smallest absolute Gasteiger partial charge is 0.323 e. The molecule has 0 aliphatic carbocycles. The molecule has 0 aliphatic heterocycles. The van der Waals surface area contributed by atoms with Gasteiger partial charge >= 0.3 is 5.97 Å². The van der Waals surface area contributed by atoms with E-state index < -0.39 is 20.3 Å². The maximum atomic E-state index is 11.6. The molecule has 25 heavy (non-hydrogen) atoms. The first-order chi connectivity index (χ1) is 11.6. The molecule has 0 aromatic heterocycles. The van der Waals surface area contributed by atoms with Crippen molar-refractivity contribution in [1.82, 2.24) is 0 Å². The number of halogens is 1. The minimum absolute atomic E-state index is 0.151. The monoisotopic (exact) mass is 386 g/mol. The van der Waals surface area contributed by atoms with Crippen molar-refractivity contribution in [2.45, 2.75) is 78.1 Å². The van der Waals surface area contributed by atoms with Crippen LogP contribution < -0.4 is 0 Å². The lowest BCUT2D eigenvalue weighted by Crippen LogP contribution is -2.28. The molecule has 0 bridgehead atoms. The number of allylic oxidation sites excluding steroid dienone is 2. The van der Waals surface area contributed by atoms with E-state index in [9.17, 15) is 4.79 Å². The summed E-state index contributed by atoms with van der Waals surface area (Å²) in [6.07, 6.45) is 7.39. The quantitative estimate of drug-likeness (QED) is 0.134. The Kier molecular flexibility index (Phi) is 12.1. The van der Waals surface area contributed by atoms with Crippen molar-refractivity contribution in [3.63, 3.8) is 0 Å². The van der Waals surface area contributed by atoms with Crippen LogP contribution >= 0.6 is 11.6 Å². The lowest BCUT2D eigenvalue weighted by molar-refractivity contribution is -0.181. The van der Waals surface area contributed by atoms with Crippen molar-refractivity contribution in [3.05, 3.63) is 36.0 Å². The fourth-order valence-electron chi connectivity index (χ4n) is 2.44. The second-order valence-electron chi connectivity index (χ2n) is 7.59. The van der Waals surface area contributed by atoms with Gasteiger partial charge in [0.25, 0.3) is 0 Å². The minimum atomic E-state index is -1.22. The van der Waals surface area contributed by atoms with Gasteiger partial charge in [0.15, 0.2) is 0 Å². The van der Waals surface area contributed by atoms with Crippen LogP contribution in [0, 0.1) is 0 Å². The standard InChI is InChI=1S/C20H35ClO3Si/c1-8-10-11-20(24-19(22)14-21)23-18(12-16(3)9-2)13-17(4)15-25(5,6)7/h8,10,12,18,20H,4,9,11,13-15H2,1-3,5-7H3/b10-8+,16-12+/t18-,20?/m1/s1. The third kappa shape index (κ3) is 13.1. The lowest BCUT2D eigenvalue weighted by Gasteiger charge is -2.25. The van der Waals surface area contributed by atoms with Gasteiger partial charge in [0.05, 0.1) is 6.10 Å². The molecule has 0 spiro atoms. The maximum absolute atomic E-state index is 11.6. The molecule has 0 fully saturated rings. The number of esters is 1. The van der Waals surface area contributed by atoms with Crippen molar-refractivity contribution in [2.24, 2.45) is 0 Å². The van der Waals surface area contributed by atoms with E-state index in [1.54, 1.807) is 0 Å². The molecule has 0 N–H and O–H groups in total. The topological polar surface area (TPSA) is 35.5 Å². The van der Waals surface area contributed by atoms with Crippen LogP contribution in [0.15, 0.2) is 36.0 Å². The Hall–Kier alpha value is -0.843. The van der Waals surface area contributed by atoms with E-state index in [1.807, 2.05) is 19.1 Å². The summed E-state index contributed by atoms with van der Waals surface area (Å²) in [4.78, 5) is 11.6. The van der Waals surface area contributed by atoms with Crippen molar-refractivity contribution in [2.75, 3.05) is 5.88 Å². The first-order valence-electron chi connectivity index (χ1n) is 8.97. The predicted molar refractivity (Wildman–Crippen MR) is 111 cm³/mol. The summed E-state index contributed by atoms with van der Waals surface area (Å²) in [5.74, 6) is -0.640. The van der Waals surface area contributed by atoms with E-state index in [-0.39, 0.29) is 12.0 Å². The summed E-state index contributed by atoms with van der Waals surface area (Å²) in [5, 5.41) is 0. The Labute approximate surface area is 160 Å². The molecule has 0 amide bonds. The van der Waals surface area contributed by atoms with Gasteiger partial charge in [-0.05, 0) is 32.7 Å². The molecular formula is C20H35ClO3Si. The van der Waals surface area contributed by atoms with E-state index in [2.05, 4.69) is 46.1 Å². The highest BCUT2D eigenvalue weighted by molar-refractivity contribution is 6.76. The van der Waals surface area contributed by atoms with Crippen molar-refractivity contribution >= 4 is 25.6 Å². The van der Waals surface area contributed by atoms with E-state index in [1.165, 1.54) is 11.1 Å². The number of ether oxygens (including phenoxy) is 2. The van der Waals surface area contributed by atoms with Crippen LogP contribution in [-0.2, 0) is 14.3 Å². The maximum Gasteiger partial charge on any atom is 0.323 e. The van der Waals surface area contributed by atoms with E-state index in [4.69, 9.17) is 21.1 Å². The number of carbonyl (C=O) groups excluding carboxylic acids is 1. The number of hydrogen-bond acceptors (Lipinski definition) is 3. The first kappa shape index (κ1) is 24.2. The van der Waals surface area contributed by atoms with Gasteiger partial charge in [-0.3, -0.25) is 4.79 Å². The van der Waals surface area contributed by atoms with Crippen LogP contribution in [0.5, 0.6) is 0 Å². The summed E-state index contributed by atoms with van der Waals surface area (Å²) in [6, 6.07) is 1.06. The number of alkyl halides is 1. The number of hydrogen-bond donors (Lipinski definition) is 0. The highest BCUT2D eigenvalue weighted by atomic mass is 35.5. The zero-order valence-corrected chi connectivity index (χ0v) is 18.5. The van der Waals surface area contributed by atoms with Crippen LogP contribution in [0.25, 0.3) is 0 Å². The summed E-state index contributed by atoms with van der Waals surface area (Å²) < 4.78 is 11.4. The molecule has 5 heteroatoms. The Morgan fingerprint density at radius 1 is 1.32 bits per heavy atom. The van der Waals surface area contributed by atoms with Gasteiger partial charge in [0.1, 0.15) is 5.88 Å². The summed E-state index contributed by atoms with van der Waals surface area (Å²) in [7, 11) is -1.22. The number of carbonyl (C=O) groups is 1. The van der Waals surface area contributed by atoms with Gasteiger partial charge in [0, 0.05) is 14.5 Å². The molecule has 0 saturated carbocycles. The molecule has 0 aliphatic rings. The number of rotatable bonds is 12. The van der Waals surface area contributed by atoms with Gasteiger partial charge in [0.2, 0.25) is 6.29 Å². The van der Waals surface area contributed by atoms with Crippen molar-refractivity contribution in [3.8, 4) is 0 Å². The first-order valence-corrected chi connectivity index (χ1v) is 13.2. The Balaban J connectivity index is 5.14. The molecule has 0 aromatic rings. The molecule has 0 rings (SSSR count). The Bertz CT molecular complexity index is 478. The fourth-order valence-corrected chi connectivity index (χ4v) is 4.15. The second-order valence-corrected chi connectivity index (χ2v) is 13.3. The molecule has 2 atom stereocenters. The van der Waals surface area contributed by atoms with Gasteiger partial charge in [-0.2, -0.15) is 0 Å². The molecule has 3 nitrogen and oxygen atoms in total. The molecule has 0 radical (unpaired) electrons. The summed E-state index contributed by atoms with van der Waals surface area (Å²) in [5.41, 5.74) is 2.44. The van der Waals surface area contributed by atoms with Crippen LogP contribution in [0.4, 0.5) is 0 Å². The van der Waals surface area contributed by atoms with E-state index in [0.717, 1.165) is 18.9 Å². The highest BCUT2D eigenvalue weighted by Gasteiger charge is 2.21. The van der Waals surface area contributed by atoms with Crippen LogP contribution in [0.1, 0.15) is 40.0 Å². The summed E-state index contributed by atoms with van der Waals surface area (Å²) in [6.45, 7) is 17.4. The van der Waals surface area contributed by atoms with Gasteiger partial charge < -0.3 is 9.47 Å². The second kappa shape index (κ2) is 12.5. The van der Waals surface area contributed by atoms with Crippen molar-refractivity contribution < 1.29 is 14.3 Å². The molecule has 0 heterocycles. The zero-order chi connectivity index (χ0) is 19.5. The molecule has 1 unspecified atom stereocenters. The average Bonchev–Trinajstić information content (AvgIpc) is 2.50. The van der Waals surface area contributed by atoms with Gasteiger partial charge in [-0.1, -0.05) is 55.9 Å². The zero-order valence-electron chi connectivity index (χ0n) is 16.7. The van der Waals surface area contributed by atoms with Crippen molar-refractivity contribution in [1.29, 1.82) is 0 Å². The van der Waals surface area contributed by atoms with Gasteiger partial charge in [-0.15, -0.1) is 18.2 Å². The van der Waals surface area contributed by atoms with Crippen LogP contribution in [-0.4, -0.2) is 32.3 Å². The van der Waals surface area contributed by atoms with E-state index >= 15 is 0 Å². The third-order valence-corrected chi connectivity index (χ3v) is 5.34. The Morgan fingerprint density at radius 2 is 1.96 bits per heavy atom. The van der Waals surface area contributed by atoms with Crippen LogP contribution in [0.2, 0.25) is 25.7 Å². The van der Waals surface area contributed by atoms with E-state index in [0.29, 0.717) is 6.42 Å². The molecule has 144 valence electrons. The average molecular weight is 387 g/mol. The minimum Gasteiger partial charge on any atom is -0.434 e. The predicted octanol–water partition coefficient (Wildman–Crippen LogP) is 6.09. The third-order valence-electron chi connectivity index (χ3n) is 3.56. The molecular weight excluding hydrogens is 352 g/mol. The Morgan fingerprint density at radius 3 is 2.44 bits per heavy atom. The van der Waals surface area contributed by atoms with Gasteiger partial charge in [-0.25, -0.2) is 0 Å². The molecule has 0 saturated heterocycles.